The molecule has 2 amide bonds. The zero-order valence-electron chi connectivity index (χ0n) is 9.80. The van der Waals surface area contributed by atoms with Gasteiger partial charge in [-0.25, -0.2) is 0 Å². The molecule has 4 nitrogen and oxygen atoms in total. The Morgan fingerprint density at radius 3 is 2.59 bits per heavy atom. The molecule has 0 bridgehead atoms. The third-order valence-corrected chi connectivity index (χ3v) is 3.16. The summed E-state index contributed by atoms with van der Waals surface area (Å²) in [6, 6.07) is 8.72. The van der Waals surface area contributed by atoms with Gasteiger partial charge in [-0.1, -0.05) is 30.3 Å². The van der Waals surface area contributed by atoms with Gasteiger partial charge in [0.25, 0.3) is 0 Å². The fourth-order valence-corrected chi connectivity index (χ4v) is 2.11. The monoisotopic (exact) mass is 232 g/mol. The van der Waals surface area contributed by atoms with Crippen LogP contribution in [0.3, 0.4) is 0 Å². The van der Waals surface area contributed by atoms with Crippen LogP contribution in [0.1, 0.15) is 31.4 Å². The first kappa shape index (κ1) is 11.8. The van der Waals surface area contributed by atoms with E-state index in [1.807, 2.05) is 37.3 Å². The highest BCUT2D eigenvalue weighted by atomic mass is 16.2. The number of imide groups is 1. The van der Waals surface area contributed by atoms with E-state index in [1.54, 1.807) is 0 Å². The molecule has 0 spiro atoms. The lowest BCUT2D eigenvalue weighted by molar-refractivity contribution is -0.151. The molecule has 1 aliphatic heterocycles. The number of amides is 2. The molecule has 1 saturated heterocycles. The predicted molar refractivity (Wildman–Crippen MR) is 63.9 cm³/mol. The Hall–Kier alpha value is -1.68. The first-order valence-corrected chi connectivity index (χ1v) is 5.77. The summed E-state index contributed by atoms with van der Waals surface area (Å²) in [4.78, 5) is 25.0. The summed E-state index contributed by atoms with van der Waals surface area (Å²) in [5, 5.41) is 0. The molecule has 1 aliphatic rings. The first-order valence-electron chi connectivity index (χ1n) is 5.77. The summed E-state index contributed by atoms with van der Waals surface area (Å²) in [6.45, 7) is 1.85. The smallest absolute Gasteiger partial charge is 0.246 e. The van der Waals surface area contributed by atoms with Crippen LogP contribution in [-0.4, -0.2) is 22.8 Å². The second kappa shape index (κ2) is 4.67. The lowest BCUT2D eigenvalue weighted by Gasteiger charge is -2.33. The van der Waals surface area contributed by atoms with Gasteiger partial charge >= 0.3 is 0 Å². The quantitative estimate of drug-likeness (QED) is 0.780. The lowest BCUT2D eigenvalue weighted by atomic mass is 9.99. The van der Waals surface area contributed by atoms with E-state index in [0.717, 1.165) is 5.56 Å². The zero-order chi connectivity index (χ0) is 12.4. The van der Waals surface area contributed by atoms with Crippen molar-refractivity contribution < 1.29 is 9.59 Å². The van der Waals surface area contributed by atoms with E-state index in [1.165, 1.54) is 4.90 Å². The van der Waals surface area contributed by atoms with Crippen LogP contribution in [-0.2, 0) is 9.59 Å². The van der Waals surface area contributed by atoms with Crippen molar-refractivity contribution in [2.24, 2.45) is 5.73 Å². The minimum absolute atomic E-state index is 0.131. The number of nitrogens with zero attached hydrogens (tertiary/aromatic N) is 1. The third-order valence-electron chi connectivity index (χ3n) is 3.16. The van der Waals surface area contributed by atoms with Crippen molar-refractivity contribution in [3.05, 3.63) is 35.9 Å². The summed E-state index contributed by atoms with van der Waals surface area (Å²) in [5.74, 6) is -0.398. The normalized spacial score (nSPS) is 22.7. The minimum Gasteiger partial charge on any atom is -0.320 e. The number of hydrogen-bond donors (Lipinski definition) is 1. The van der Waals surface area contributed by atoms with Crippen LogP contribution in [0.4, 0.5) is 0 Å². The van der Waals surface area contributed by atoms with Gasteiger partial charge in [0, 0.05) is 6.42 Å². The van der Waals surface area contributed by atoms with Gasteiger partial charge in [0.05, 0.1) is 12.1 Å². The van der Waals surface area contributed by atoms with Gasteiger partial charge in [-0.2, -0.15) is 0 Å². The number of hydrogen-bond acceptors (Lipinski definition) is 3. The van der Waals surface area contributed by atoms with Gasteiger partial charge in [-0.3, -0.25) is 14.5 Å². The third kappa shape index (κ3) is 2.22. The molecule has 0 aromatic heterocycles. The van der Waals surface area contributed by atoms with Crippen molar-refractivity contribution in [3.8, 4) is 0 Å². The average molecular weight is 232 g/mol. The number of piperidine rings is 1. The second-order valence-electron chi connectivity index (χ2n) is 4.33. The van der Waals surface area contributed by atoms with Crippen molar-refractivity contribution >= 4 is 11.8 Å². The second-order valence-corrected chi connectivity index (χ2v) is 4.33. The van der Waals surface area contributed by atoms with E-state index in [0.29, 0.717) is 12.8 Å². The molecular formula is C13H16N2O2. The molecule has 0 aliphatic carbocycles. The summed E-state index contributed by atoms with van der Waals surface area (Å²) in [6.07, 6.45) is 0.805. The fraction of sp³-hybridized carbons (Fsp3) is 0.385. The number of carbonyl (C=O) groups is 2. The number of likely N-dealkylation sites (tertiary alicyclic amines) is 1. The van der Waals surface area contributed by atoms with Gasteiger partial charge in [-0.15, -0.1) is 0 Å². The molecule has 2 N–H and O–H groups in total. The number of carbonyl (C=O) groups excluding carboxylic acids is 2. The molecule has 90 valence electrons. The van der Waals surface area contributed by atoms with Crippen LogP contribution in [0.15, 0.2) is 30.3 Å². The summed E-state index contributed by atoms with van der Waals surface area (Å²) in [7, 11) is 0. The highest BCUT2D eigenvalue weighted by Gasteiger charge is 2.35. The molecular weight excluding hydrogens is 216 g/mol. The topological polar surface area (TPSA) is 63.4 Å². The van der Waals surface area contributed by atoms with Crippen molar-refractivity contribution in [1.29, 1.82) is 0 Å². The molecule has 4 heteroatoms. The van der Waals surface area contributed by atoms with E-state index >= 15 is 0 Å². The Labute approximate surface area is 100 Å². The fourth-order valence-electron chi connectivity index (χ4n) is 2.11. The Balaban J connectivity index is 2.26. The highest BCUT2D eigenvalue weighted by molar-refractivity contribution is 6.00. The first-order chi connectivity index (χ1) is 8.11. The molecule has 1 aromatic rings. The SMILES string of the molecule is CC(c1ccccc1)N1C(=O)CC[C@H](N)C1=O. The molecule has 1 unspecified atom stereocenters. The molecule has 0 radical (unpaired) electrons. The van der Waals surface area contributed by atoms with Gasteiger partial charge in [-0.05, 0) is 18.9 Å². The Kier molecular flexibility index (Phi) is 3.24. The molecule has 0 saturated carbocycles. The molecule has 2 rings (SSSR count). The molecule has 1 fully saturated rings. The van der Waals surface area contributed by atoms with E-state index in [-0.39, 0.29) is 17.9 Å². The van der Waals surface area contributed by atoms with Crippen LogP contribution >= 0.6 is 0 Å². The Bertz CT molecular complexity index is 430. The van der Waals surface area contributed by atoms with Crippen LogP contribution in [0.5, 0.6) is 0 Å². The van der Waals surface area contributed by atoms with Gasteiger partial charge < -0.3 is 5.73 Å². The molecule has 17 heavy (non-hydrogen) atoms. The summed E-state index contributed by atoms with van der Waals surface area (Å²) in [5.41, 5.74) is 6.65. The number of nitrogens with two attached hydrogens (primary N) is 1. The Morgan fingerprint density at radius 1 is 1.29 bits per heavy atom. The van der Waals surface area contributed by atoms with Crippen molar-refractivity contribution in [3.63, 3.8) is 0 Å². The van der Waals surface area contributed by atoms with Crippen LogP contribution < -0.4 is 5.73 Å². The summed E-state index contributed by atoms with van der Waals surface area (Å²) >= 11 is 0. The maximum absolute atomic E-state index is 11.9. The minimum atomic E-state index is -0.543. The number of benzene rings is 1. The average Bonchev–Trinajstić information content (AvgIpc) is 2.35. The maximum atomic E-state index is 11.9. The highest BCUT2D eigenvalue weighted by Crippen LogP contribution is 2.25. The van der Waals surface area contributed by atoms with Gasteiger partial charge in [0.15, 0.2) is 0 Å². The number of rotatable bonds is 2. The maximum Gasteiger partial charge on any atom is 0.246 e. The molecule has 1 heterocycles. The van der Waals surface area contributed by atoms with E-state index in [2.05, 4.69) is 0 Å². The van der Waals surface area contributed by atoms with Crippen molar-refractivity contribution in [2.45, 2.75) is 31.8 Å². The van der Waals surface area contributed by atoms with Crippen LogP contribution in [0.25, 0.3) is 0 Å². The van der Waals surface area contributed by atoms with E-state index in [4.69, 9.17) is 5.73 Å². The zero-order valence-corrected chi connectivity index (χ0v) is 9.80. The standard InChI is InChI=1S/C13H16N2O2/c1-9(10-5-3-2-4-6-10)15-12(16)8-7-11(14)13(15)17/h2-6,9,11H,7-8,14H2,1H3/t9?,11-/m0/s1. The summed E-state index contributed by atoms with van der Waals surface area (Å²) < 4.78 is 0. The largest absolute Gasteiger partial charge is 0.320 e. The van der Waals surface area contributed by atoms with E-state index < -0.39 is 6.04 Å². The van der Waals surface area contributed by atoms with Crippen molar-refractivity contribution in [1.82, 2.24) is 4.90 Å². The Morgan fingerprint density at radius 2 is 1.94 bits per heavy atom. The van der Waals surface area contributed by atoms with E-state index in [9.17, 15) is 9.59 Å². The molecule has 1 aromatic carbocycles. The predicted octanol–water partition coefficient (Wildman–Crippen LogP) is 1.22. The lowest BCUT2D eigenvalue weighted by Crippen LogP contribution is -2.51. The molecule has 2 atom stereocenters. The van der Waals surface area contributed by atoms with Crippen LogP contribution in [0, 0.1) is 0 Å². The van der Waals surface area contributed by atoms with Gasteiger partial charge in [0.2, 0.25) is 11.8 Å². The van der Waals surface area contributed by atoms with Gasteiger partial charge in [0.1, 0.15) is 0 Å². The van der Waals surface area contributed by atoms with Crippen molar-refractivity contribution in [2.75, 3.05) is 0 Å². The van der Waals surface area contributed by atoms with Crippen LogP contribution in [0.2, 0.25) is 0 Å².